The van der Waals surface area contributed by atoms with Gasteiger partial charge in [0, 0.05) is 0 Å². The Balaban J connectivity index is 2.56. The van der Waals surface area contributed by atoms with Gasteiger partial charge in [0.15, 0.2) is 0 Å². The van der Waals surface area contributed by atoms with E-state index in [0.29, 0.717) is 12.5 Å². The molecule has 1 atom stereocenters. The monoisotopic (exact) mass is 524 g/mol. The molecule has 0 aromatic heterocycles. The van der Waals surface area contributed by atoms with Gasteiger partial charge in [0.2, 0.25) is 0 Å². The summed E-state index contributed by atoms with van der Waals surface area (Å²) >= 11 is -2.16. The Labute approximate surface area is 191 Å². The quantitative estimate of drug-likeness (QED) is 0.110. The first kappa shape index (κ1) is 27.7. The van der Waals surface area contributed by atoms with Crippen LogP contribution in [0.3, 0.4) is 0 Å². The molecule has 2 nitrogen and oxygen atoms in total. The molecule has 1 unspecified atom stereocenters. The van der Waals surface area contributed by atoms with Crippen molar-refractivity contribution < 1.29 is 9.47 Å². The Morgan fingerprint density at radius 3 is 1.93 bits per heavy atom. The van der Waals surface area contributed by atoms with Gasteiger partial charge in [-0.05, 0) is 0 Å². The van der Waals surface area contributed by atoms with E-state index in [0.717, 1.165) is 11.2 Å². The van der Waals surface area contributed by atoms with Crippen LogP contribution in [0.1, 0.15) is 78.7 Å². The molecule has 0 aliphatic rings. The van der Waals surface area contributed by atoms with Gasteiger partial charge in [0.05, 0.1) is 0 Å². The first-order valence-corrected chi connectivity index (χ1v) is 20.5. The van der Waals surface area contributed by atoms with E-state index in [9.17, 15) is 0 Å². The molecule has 0 N–H and O–H groups in total. The molecule has 0 heterocycles. The maximum atomic E-state index is 6.33. The zero-order valence-electron chi connectivity index (χ0n) is 20.5. The molecule has 30 heavy (non-hydrogen) atoms. The van der Waals surface area contributed by atoms with Crippen LogP contribution in [0.5, 0.6) is 0 Å². The zero-order valence-corrected chi connectivity index (χ0v) is 23.4. The van der Waals surface area contributed by atoms with E-state index in [4.69, 9.17) is 9.47 Å². The Morgan fingerprint density at radius 2 is 1.43 bits per heavy atom. The average Bonchev–Trinajstić information content (AvgIpc) is 2.76. The summed E-state index contributed by atoms with van der Waals surface area (Å²) in [6, 6.07) is 10.4. The minimum absolute atomic E-state index is 0.141. The van der Waals surface area contributed by atoms with E-state index in [1.54, 1.807) is 0 Å². The molecular weight excluding hydrogens is 475 g/mol. The number of unbranched alkanes of at least 4 members (excludes halogenated alkanes) is 3. The molecule has 1 rings (SSSR count). The van der Waals surface area contributed by atoms with Crippen LogP contribution in [0.25, 0.3) is 0 Å². The van der Waals surface area contributed by atoms with Gasteiger partial charge in [-0.2, -0.15) is 0 Å². The number of benzene rings is 1. The molecule has 1 aromatic carbocycles. The van der Waals surface area contributed by atoms with Crippen molar-refractivity contribution in [3.63, 3.8) is 0 Å². The third-order valence-corrected chi connectivity index (χ3v) is 20.5. The van der Waals surface area contributed by atoms with Crippen LogP contribution in [-0.4, -0.2) is 35.7 Å². The van der Waals surface area contributed by atoms with Crippen molar-refractivity contribution in [1.82, 2.24) is 0 Å². The fourth-order valence-electron chi connectivity index (χ4n) is 4.02. The summed E-state index contributed by atoms with van der Waals surface area (Å²) in [5.41, 5.74) is 1.23. The van der Waals surface area contributed by atoms with Crippen LogP contribution in [-0.2, 0) is 16.1 Å². The SMILES string of the molecule is CCC[CH2][Sn]([CH2]CCC)([CH2]CCC)[CH2]OC/C=C\C(OCc1ccccc1)C(C)C. The van der Waals surface area contributed by atoms with Crippen molar-refractivity contribution >= 4 is 18.4 Å². The number of hydrogen-bond donors (Lipinski definition) is 0. The van der Waals surface area contributed by atoms with Crippen molar-refractivity contribution in [3.8, 4) is 0 Å². The van der Waals surface area contributed by atoms with Crippen molar-refractivity contribution in [2.75, 3.05) is 11.2 Å². The zero-order chi connectivity index (χ0) is 22.1. The van der Waals surface area contributed by atoms with E-state index in [-0.39, 0.29) is 6.10 Å². The van der Waals surface area contributed by atoms with Crippen LogP contribution in [0.4, 0.5) is 0 Å². The average molecular weight is 523 g/mol. The van der Waals surface area contributed by atoms with Gasteiger partial charge in [-0.3, -0.25) is 0 Å². The van der Waals surface area contributed by atoms with E-state index in [2.05, 4.69) is 71.0 Å². The molecule has 0 fully saturated rings. The minimum atomic E-state index is -2.16. The summed E-state index contributed by atoms with van der Waals surface area (Å²) in [5.74, 6) is 0.460. The van der Waals surface area contributed by atoms with E-state index >= 15 is 0 Å². The second kappa shape index (κ2) is 17.3. The summed E-state index contributed by atoms with van der Waals surface area (Å²) in [6.45, 7) is 12.9. The third kappa shape index (κ3) is 11.9. The van der Waals surface area contributed by atoms with Gasteiger partial charge in [-0.1, -0.05) is 0 Å². The van der Waals surface area contributed by atoms with Crippen LogP contribution in [0, 0.1) is 5.92 Å². The molecule has 0 saturated heterocycles. The van der Waals surface area contributed by atoms with Gasteiger partial charge < -0.3 is 0 Å². The second-order valence-electron chi connectivity index (χ2n) is 9.26. The first-order valence-electron chi connectivity index (χ1n) is 12.5. The van der Waals surface area contributed by atoms with Crippen molar-refractivity contribution in [2.24, 2.45) is 5.92 Å². The van der Waals surface area contributed by atoms with E-state index in [1.807, 2.05) is 6.07 Å². The van der Waals surface area contributed by atoms with Crippen molar-refractivity contribution in [3.05, 3.63) is 48.0 Å². The fraction of sp³-hybridized carbons (Fsp3) is 0.704. The predicted molar refractivity (Wildman–Crippen MR) is 135 cm³/mol. The summed E-state index contributed by atoms with van der Waals surface area (Å²) < 4.78 is 18.2. The Bertz CT molecular complexity index is 519. The van der Waals surface area contributed by atoms with Crippen molar-refractivity contribution in [2.45, 2.75) is 99.2 Å². The van der Waals surface area contributed by atoms with Crippen LogP contribution >= 0.6 is 0 Å². The van der Waals surface area contributed by atoms with Crippen molar-refractivity contribution in [1.29, 1.82) is 0 Å². The molecule has 0 aliphatic carbocycles. The van der Waals surface area contributed by atoms with Gasteiger partial charge in [-0.15, -0.1) is 0 Å². The predicted octanol–water partition coefficient (Wildman–Crippen LogP) is 8.19. The fourth-order valence-corrected chi connectivity index (χ4v) is 18.4. The van der Waals surface area contributed by atoms with Crippen LogP contribution in [0.15, 0.2) is 42.5 Å². The molecule has 3 heteroatoms. The first-order chi connectivity index (χ1) is 14.6. The Kier molecular flexibility index (Phi) is 15.9. The van der Waals surface area contributed by atoms with Crippen LogP contribution in [0.2, 0.25) is 13.3 Å². The van der Waals surface area contributed by atoms with Gasteiger partial charge >= 0.3 is 192 Å². The molecular formula is C27H48O2Sn. The Morgan fingerprint density at radius 1 is 0.867 bits per heavy atom. The van der Waals surface area contributed by atoms with Gasteiger partial charge in [0.1, 0.15) is 0 Å². The second-order valence-corrected chi connectivity index (χ2v) is 22.9. The molecule has 0 aliphatic heterocycles. The van der Waals surface area contributed by atoms with Gasteiger partial charge in [0.25, 0.3) is 0 Å². The molecule has 0 amide bonds. The van der Waals surface area contributed by atoms with E-state index in [1.165, 1.54) is 57.4 Å². The molecule has 0 spiro atoms. The molecule has 0 bridgehead atoms. The molecule has 1 aromatic rings. The summed E-state index contributed by atoms with van der Waals surface area (Å²) in [6.07, 6.45) is 12.8. The number of rotatable bonds is 18. The summed E-state index contributed by atoms with van der Waals surface area (Å²) in [5, 5.41) is 0. The number of ether oxygens (including phenoxy) is 2. The summed E-state index contributed by atoms with van der Waals surface area (Å²) in [7, 11) is 0. The van der Waals surface area contributed by atoms with Crippen LogP contribution < -0.4 is 0 Å². The summed E-state index contributed by atoms with van der Waals surface area (Å²) in [4.78, 5) is 0. The molecule has 0 radical (unpaired) electrons. The molecule has 172 valence electrons. The normalized spacial score (nSPS) is 13.4. The third-order valence-electron chi connectivity index (χ3n) is 6.07. The standard InChI is InChI=1S/C15H21O2.3C4H9.Sn/c1-13(2)15(10-7-11-16-3)17-12-14-8-5-4-6-9-14;3*1-3-4-2;/h4-10,13,15H,3,11-12H2,1-2H3;3*1,3-4H2,2H3;/b10-7-;;;;. The Hall–Kier alpha value is -0.321. The maximum absolute atomic E-state index is 6.33. The molecule has 0 saturated carbocycles. The topological polar surface area (TPSA) is 18.5 Å². The van der Waals surface area contributed by atoms with E-state index < -0.39 is 18.4 Å². The number of hydrogen-bond acceptors (Lipinski definition) is 2. The van der Waals surface area contributed by atoms with Gasteiger partial charge in [-0.25, -0.2) is 0 Å².